The maximum absolute atomic E-state index is 13.2. The summed E-state index contributed by atoms with van der Waals surface area (Å²) in [5.74, 6) is -0.657. The second-order valence-corrected chi connectivity index (χ2v) is 30.8. The molecule has 590 valence electrons. The van der Waals surface area contributed by atoms with E-state index >= 15 is 0 Å². The number of aryl methyl sites for hydroxylation is 9. The summed E-state index contributed by atoms with van der Waals surface area (Å²) in [7, 11) is 0. The molecular weight excluding hydrogens is 1530 g/mol. The van der Waals surface area contributed by atoms with Gasteiger partial charge in [0, 0.05) is 35.9 Å². The molecule has 4 aliphatic rings. The first-order valence-electron chi connectivity index (χ1n) is 37.9. The topological polar surface area (TPSA) is 240 Å². The van der Waals surface area contributed by atoms with Gasteiger partial charge in [-0.05, 0) is 224 Å². The van der Waals surface area contributed by atoms with E-state index in [1.807, 2.05) is 66.7 Å². The normalized spacial score (nSPS) is 13.1. The number of carbonyl (C=O) groups is 2. The van der Waals surface area contributed by atoms with Gasteiger partial charge in [0.05, 0.1) is 53.4 Å². The van der Waals surface area contributed by atoms with E-state index in [1.54, 1.807) is 48.4 Å². The number of nitrogens with two attached hydrogens (primary N) is 1. The Morgan fingerprint density at radius 1 is 0.509 bits per heavy atom. The minimum atomic E-state index is -1.17. The SMILES string of the molecule is Cc1cc2c(cc1C)CC(C(CN)c1ccccc1)=C2.Cc1cc2c(cc1C)CC(C(C[N+](=O)[O-])c1ccccc1)=C2.Cc1cc2c(cc1C)CC([C@@H](CNC(=O)c1c(Cl)cc(-n3cnnc3)cc1Cl)c1ccccc1)=C2.Cc1cc2c(cc1C)CC=C2.Cc1ncn(-c2cc(Cl)c(C(=O)O)c(Cl)c2)n1.O=[N+]([O-])/C=C/c1ccccc1. The Morgan fingerprint density at radius 3 is 1.34 bits per heavy atom. The Hall–Kier alpha value is -12.0. The summed E-state index contributed by atoms with van der Waals surface area (Å²) >= 11 is 24.7. The van der Waals surface area contributed by atoms with Gasteiger partial charge in [0.15, 0.2) is 0 Å². The molecule has 4 N–H and O–H groups in total. The van der Waals surface area contributed by atoms with Crippen molar-refractivity contribution in [1.82, 2.24) is 34.8 Å². The molecule has 17 nitrogen and oxygen atoms in total. The van der Waals surface area contributed by atoms with Crippen molar-refractivity contribution in [3.05, 3.63) is 411 Å². The van der Waals surface area contributed by atoms with Crippen molar-refractivity contribution in [1.29, 1.82) is 0 Å². The monoisotopic (exact) mass is 1620 g/mol. The third-order valence-electron chi connectivity index (χ3n) is 21.1. The van der Waals surface area contributed by atoms with Crippen LogP contribution in [0.1, 0.15) is 156 Å². The third-order valence-corrected chi connectivity index (χ3v) is 22.3. The molecule has 2 unspecified atom stereocenters. The number of allylic oxidation sites excluding steroid dienone is 1. The van der Waals surface area contributed by atoms with E-state index in [0.29, 0.717) is 36.2 Å². The number of carbonyl (C=O) groups excluding carboxylic acids is 1. The predicted octanol–water partition coefficient (Wildman–Crippen LogP) is 22.0. The molecule has 21 heteroatoms. The van der Waals surface area contributed by atoms with Crippen LogP contribution in [0.15, 0.2) is 242 Å². The minimum Gasteiger partial charge on any atom is -0.478 e. The lowest BCUT2D eigenvalue weighted by Gasteiger charge is -2.20. The number of hydrogen-bond donors (Lipinski definition) is 3. The maximum Gasteiger partial charge on any atom is 0.338 e. The van der Waals surface area contributed by atoms with Gasteiger partial charge in [-0.15, -0.1) is 10.2 Å². The van der Waals surface area contributed by atoms with E-state index in [2.05, 4.69) is 202 Å². The van der Waals surface area contributed by atoms with Crippen LogP contribution in [0.4, 0.5) is 0 Å². The van der Waals surface area contributed by atoms with Crippen LogP contribution in [-0.2, 0) is 25.7 Å². The molecule has 2 aromatic heterocycles. The molecule has 0 fully saturated rings. The molecule has 0 saturated heterocycles. The van der Waals surface area contributed by atoms with Crippen LogP contribution in [0.2, 0.25) is 20.1 Å². The number of hydrogen-bond acceptors (Lipinski definition) is 11. The highest BCUT2D eigenvalue weighted by Crippen LogP contribution is 2.40. The van der Waals surface area contributed by atoms with E-state index in [-0.39, 0.29) is 60.4 Å². The highest BCUT2D eigenvalue weighted by Gasteiger charge is 2.29. The van der Waals surface area contributed by atoms with Gasteiger partial charge in [0.2, 0.25) is 12.7 Å². The molecule has 116 heavy (non-hydrogen) atoms. The van der Waals surface area contributed by atoms with Crippen molar-refractivity contribution >= 4 is 88.7 Å². The lowest BCUT2D eigenvalue weighted by atomic mass is 9.89. The smallest absolute Gasteiger partial charge is 0.338 e. The molecular formula is C95H90Cl4N10O7. The molecule has 0 spiro atoms. The van der Waals surface area contributed by atoms with Gasteiger partial charge >= 0.3 is 5.97 Å². The molecule has 0 saturated carbocycles. The van der Waals surface area contributed by atoms with Crippen LogP contribution < -0.4 is 11.1 Å². The fourth-order valence-electron chi connectivity index (χ4n) is 14.4. The number of halogens is 4. The first-order chi connectivity index (χ1) is 55.7. The van der Waals surface area contributed by atoms with Gasteiger partial charge in [-0.25, -0.2) is 14.5 Å². The molecule has 10 aromatic carbocycles. The number of nitro groups is 2. The Bertz CT molecular complexity index is 5700. The average molecular weight is 1630 g/mol. The van der Waals surface area contributed by atoms with E-state index < -0.39 is 10.9 Å². The number of benzene rings is 10. The zero-order chi connectivity index (χ0) is 82.9. The number of amides is 1. The molecule has 12 aromatic rings. The number of nitrogens with one attached hydrogen (secondary N) is 1. The number of fused-ring (bicyclic) bond motifs is 4. The number of aromatic nitrogens is 6. The Morgan fingerprint density at radius 2 is 0.905 bits per heavy atom. The predicted molar refractivity (Wildman–Crippen MR) is 469 cm³/mol. The van der Waals surface area contributed by atoms with Crippen LogP contribution in [-0.4, -0.2) is 76.0 Å². The second kappa shape index (κ2) is 39.4. The van der Waals surface area contributed by atoms with Gasteiger partial charge in [-0.3, -0.25) is 29.6 Å². The zero-order valence-electron chi connectivity index (χ0n) is 66.0. The molecule has 3 atom stereocenters. The Balaban J connectivity index is 0.000000144. The number of carboxylic acids is 1. The van der Waals surface area contributed by atoms with Crippen LogP contribution >= 0.6 is 46.4 Å². The quantitative estimate of drug-likeness (QED) is 0.0570. The summed E-state index contributed by atoms with van der Waals surface area (Å²) in [6.45, 7) is 20.0. The number of nitrogens with zero attached hydrogens (tertiary/aromatic N) is 8. The molecule has 16 rings (SSSR count). The second-order valence-electron chi connectivity index (χ2n) is 29.2. The largest absolute Gasteiger partial charge is 0.478 e. The van der Waals surface area contributed by atoms with Crippen molar-refractivity contribution in [3.8, 4) is 11.4 Å². The third kappa shape index (κ3) is 21.9. The fourth-order valence-corrected chi connectivity index (χ4v) is 15.7. The molecule has 0 radical (unpaired) electrons. The van der Waals surface area contributed by atoms with Gasteiger partial charge < -0.3 is 16.2 Å². The number of carboxylic acid groups (broad SMARTS) is 1. The summed E-state index contributed by atoms with van der Waals surface area (Å²) in [5.41, 5.74) is 37.1. The minimum absolute atomic E-state index is 0.0296. The van der Waals surface area contributed by atoms with E-state index in [9.17, 15) is 29.8 Å². The summed E-state index contributed by atoms with van der Waals surface area (Å²) < 4.78 is 3.15. The molecule has 1 amide bonds. The van der Waals surface area contributed by atoms with Crippen molar-refractivity contribution in [2.75, 3.05) is 19.6 Å². The summed E-state index contributed by atoms with van der Waals surface area (Å²) in [4.78, 5) is 48.4. The van der Waals surface area contributed by atoms with Crippen molar-refractivity contribution in [2.45, 2.75) is 106 Å². The first-order valence-corrected chi connectivity index (χ1v) is 39.4. The van der Waals surface area contributed by atoms with Crippen molar-refractivity contribution in [2.24, 2.45) is 5.73 Å². The van der Waals surface area contributed by atoms with Crippen LogP contribution in [0, 0.1) is 82.5 Å². The van der Waals surface area contributed by atoms with Gasteiger partial charge in [0.1, 0.15) is 24.8 Å². The van der Waals surface area contributed by atoms with E-state index in [0.717, 1.165) is 54.1 Å². The van der Waals surface area contributed by atoms with Gasteiger partial charge in [0.25, 0.3) is 5.91 Å². The van der Waals surface area contributed by atoms with Crippen molar-refractivity contribution < 1.29 is 24.5 Å². The summed E-state index contributed by atoms with van der Waals surface area (Å²) in [5, 5.41) is 45.3. The van der Waals surface area contributed by atoms with E-state index in [1.165, 1.54) is 135 Å². The lowest BCUT2D eigenvalue weighted by molar-refractivity contribution is -0.482. The van der Waals surface area contributed by atoms with Crippen LogP contribution in [0.5, 0.6) is 0 Å². The molecule has 0 aliphatic heterocycles. The Kier molecular flexibility index (Phi) is 28.8. The highest BCUT2D eigenvalue weighted by atomic mass is 35.5. The summed E-state index contributed by atoms with van der Waals surface area (Å²) in [6, 6.07) is 64.2. The van der Waals surface area contributed by atoms with E-state index in [4.69, 9.17) is 57.2 Å². The Labute approximate surface area is 696 Å². The maximum atomic E-state index is 13.2. The summed E-state index contributed by atoms with van der Waals surface area (Å²) in [6.07, 6.45) is 22.0. The lowest BCUT2D eigenvalue weighted by Crippen LogP contribution is -2.29. The fraction of sp³-hybridized carbons (Fsp3) is 0.200. The highest BCUT2D eigenvalue weighted by molar-refractivity contribution is 6.40. The standard InChI is InChI=1S/C28H24Cl2N4O.C19H19NO2.C19H21N.C11H12.C10H7Cl2N3O2.C8H7NO2/c1-17-8-20-10-22(11-21(20)9-18(17)2)24(19-6-4-3-5-7-19)14-31-28(35)27-25(29)12-23(13-26(27)30)34-15-32-33-16-34;1-13-8-16-10-18(11-17(16)9-14(13)2)19(12-20(21)22)15-6-4-3-5-7-15;1-13-8-16-10-18(11-17(16)9-14(13)2)19(12-20)15-6-4-3-5-7-15;1-8-6-10-4-3-5-11(10)7-9(8)2;1-5-13-4-15(14-5)6-2-7(11)9(10(16)17)8(12)3-6;10-9(11)7-6-8-4-2-1-3-5-8/h3-10,12-13,15-16,24H,11,14H2,1-2H3,(H,31,35);3-10,19H,11-12H2,1-2H3;3-10,19H,11-12,20H2,1-2H3;3-4,6-7H,5H2,1-2H3;2-4H,1H3,(H,16,17);1-7H/b;;;;;7-6+/t24-;;;;;/m0...../s1. The van der Waals surface area contributed by atoms with Gasteiger partial charge in [-0.2, -0.15) is 5.10 Å². The number of aromatic carboxylic acids is 1. The van der Waals surface area contributed by atoms with Gasteiger partial charge in [-0.1, -0.05) is 263 Å². The zero-order valence-corrected chi connectivity index (χ0v) is 69.0. The van der Waals surface area contributed by atoms with Crippen LogP contribution in [0.25, 0.3) is 41.8 Å². The molecule has 0 bridgehead atoms. The average Bonchev–Trinajstić information content (AvgIpc) is 1.72. The molecule has 2 heterocycles. The number of rotatable bonds is 17. The van der Waals surface area contributed by atoms with Crippen LogP contribution in [0.3, 0.4) is 0 Å². The first kappa shape index (κ1) is 84.9. The molecule has 4 aliphatic carbocycles. The van der Waals surface area contributed by atoms with Crippen molar-refractivity contribution in [3.63, 3.8) is 0 Å².